The first kappa shape index (κ1) is 11.6. The Hall–Kier alpha value is -2.46. The summed E-state index contributed by atoms with van der Waals surface area (Å²) in [5, 5.41) is 17.4. The van der Waals surface area contributed by atoms with Crippen molar-refractivity contribution in [3.8, 4) is 23.6 Å². The van der Waals surface area contributed by atoms with E-state index in [1.807, 2.05) is 12.1 Å². The first-order valence-electron chi connectivity index (χ1n) is 4.49. The van der Waals surface area contributed by atoms with Crippen LogP contribution in [0.15, 0.2) is 18.2 Å². The Morgan fingerprint density at radius 2 is 1.75 bits per heavy atom. The van der Waals surface area contributed by atoms with E-state index in [1.54, 1.807) is 18.2 Å². The highest BCUT2D eigenvalue weighted by molar-refractivity contribution is 5.64. The first-order chi connectivity index (χ1) is 7.76. The van der Waals surface area contributed by atoms with Gasteiger partial charge in [-0.1, -0.05) is 0 Å². The van der Waals surface area contributed by atoms with Crippen LogP contribution in [0.1, 0.15) is 11.1 Å². The van der Waals surface area contributed by atoms with Gasteiger partial charge in [-0.05, 0) is 17.7 Å². The van der Waals surface area contributed by atoms with Gasteiger partial charge in [0, 0.05) is 12.1 Å². The van der Waals surface area contributed by atoms with E-state index in [1.165, 1.54) is 20.3 Å². The smallest absolute Gasteiger partial charge is 0.162 e. The lowest BCUT2D eigenvalue weighted by Gasteiger charge is -2.09. The number of benzene rings is 1. The zero-order valence-electron chi connectivity index (χ0n) is 9.02. The summed E-state index contributed by atoms with van der Waals surface area (Å²) in [7, 11) is 3.02. The minimum atomic E-state index is 0.434. The van der Waals surface area contributed by atoms with Gasteiger partial charge in [-0.3, -0.25) is 0 Å². The normalized spacial score (nSPS) is 9.50. The number of nitrogens with zero attached hydrogens (tertiary/aromatic N) is 2. The number of hydrogen-bond donors (Lipinski definition) is 0. The summed E-state index contributed by atoms with van der Waals surface area (Å²) < 4.78 is 10.2. The summed E-state index contributed by atoms with van der Waals surface area (Å²) in [6.45, 7) is 0. The molecule has 0 spiro atoms. The van der Waals surface area contributed by atoms with Crippen LogP contribution < -0.4 is 9.47 Å². The quantitative estimate of drug-likeness (QED) is 0.723. The van der Waals surface area contributed by atoms with Gasteiger partial charge >= 0.3 is 0 Å². The van der Waals surface area contributed by atoms with E-state index in [0.29, 0.717) is 22.6 Å². The van der Waals surface area contributed by atoms with Crippen LogP contribution in [-0.4, -0.2) is 14.2 Å². The molecule has 1 aromatic rings. The third-order valence-electron chi connectivity index (χ3n) is 2.01. The standard InChI is InChI=1S/C12H10N2O2/c1-15-11-6-9(4-3-5-13)10(8-14)7-12(11)16-2/h3-4,6-7H,1-2H3. The van der Waals surface area contributed by atoms with Gasteiger partial charge in [0.2, 0.25) is 0 Å². The number of ether oxygens (including phenoxy) is 2. The lowest BCUT2D eigenvalue weighted by Crippen LogP contribution is -1.93. The summed E-state index contributed by atoms with van der Waals surface area (Å²) in [4.78, 5) is 0. The monoisotopic (exact) mass is 214 g/mol. The Morgan fingerprint density at radius 3 is 2.25 bits per heavy atom. The maximum Gasteiger partial charge on any atom is 0.162 e. The molecule has 0 radical (unpaired) electrons. The van der Waals surface area contributed by atoms with E-state index in [0.717, 1.165) is 0 Å². The van der Waals surface area contributed by atoms with Gasteiger partial charge in [0.1, 0.15) is 0 Å². The van der Waals surface area contributed by atoms with Crippen molar-refractivity contribution in [2.75, 3.05) is 14.2 Å². The van der Waals surface area contributed by atoms with E-state index in [-0.39, 0.29) is 0 Å². The molecule has 1 rings (SSSR count). The van der Waals surface area contributed by atoms with Crippen molar-refractivity contribution in [2.45, 2.75) is 0 Å². The second kappa shape index (κ2) is 5.43. The van der Waals surface area contributed by atoms with Crippen molar-refractivity contribution in [2.24, 2.45) is 0 Å². The predicted octanol–water partition coefficient (Wildman–Crippen LogP) is 2.11. The number of hydrogen-bond acceptors (Lipinski definition) is 4. The molecule has 4 nitrogen and oxygen atoms in total. The SMILES string of the molecule is COc1cc(C#N)c(C=CC#N)cc1OC. The van der Waals surface area contributed by atoms with Crippen LogP contribution in [0.2, 0.25) is 0 Å². The van der Waals surface area contributed by atoms with E-state index >= 15 is 0 Å². The molecule has 0 unspecified atom stereocenters. The van der Waals surface area contributed by atoms with Crippen molar-refractivity contribution >= 4 is 6.08 Å². The maximum atomic E-state index is 8.94. The molecule has 0 saturated carbocycles. The van der Waals surface area contributed by atoms with Crippen LogP contribution in [0.4, 0.5) is 0 Å². The minimum absolute atomic E-state index is 0.434. The minimum Gasteiger partial charge on any atom is -0.493 e. The molecule has 0 fully saturated rings. The second-order valence-electron chi connectivity index (χ2n) is 2.87. The highest BCUT2D eigenvalue weighted by atomic mass is 16.5. The van der Waals surface area contributed by atoms with Gasteiger partial charge < -0.3 is 9.47 Å². The molecule has 0 atom stereocenters. The average molecular weight is 214 g/mol. The van der Waals surface area contributed by atoms with E-state index < -0.39 is 0 Å². The molecule has 16 heavy (non-hydrogen) atoms. The Balaban J connectivity index is 3.34. The van der Waals surface area contributed by atoms with Crippen LogP contribution >= 0.6 is 0 Å². The maximum absolute atomic E-state index is 8.94. The van der Waals surface area contributed by atoms with Gasteiger partial charge in [-0.15, -0.1) is 0 Å². The van der Waals surface area contributed by atoms with Crippen molar-refractivity contribution in [1.29, 1.82) is 10.5 Å². The zero-order valence-corrected chi connectivity index (χ0v) is 9.02. The molecule has 4 heteroatoms. The van der Waals surface area contributed by atoms with Crippen molar-refractivity contribution in [3.05, 3.63) is 29.3 Å². The first-order valence-corrected chi connectivity index (χ1v) is 4.49. The molecule has 0 N–H and O–H groups in total. The summed E-state index contributed by atoms with van der Waals surface area (Å²) in [5.74, 6) is 1.02. The van der Waals surface area contributed by atoms with Crippen LogP contribution in [0, 0.1) is 22.7 Å². The fourth-order valence-corrected chi connectivity index (χ4v) is 1.26. The Kier molecular flexibility index (Phi) is 3.94. The van der Waals surface area contributed by atoms with Crippen molar-refractivity contribution in [3.63, 3.8) is 0 Å². The van der Waals surface area contributed by atoms with Crippen LogP contribution in [0.5, 0.6) is 11.5 Å². The van der Waals surface area contributed by atoms with Gasteiger partial charge in [-0.25, -0.2) is 0 Å². The fourth-order valence-electron chi connectivity index (χ4n) is 1.26. The lowest BCUT2D eigenvalue weighted by molar-refractivity contribution is 0.355. The molecule has 0 aliphatic carbocycles. The average Bonchev–Trinajstić information content (AvgIpc) is 2.35. The molecule has 80 valence electrons. The molecule has 0 aromatic heterocycles. The molecule has 0 aliphatic heterocycles. The molecule has 0 bridgehead atoms. The molecule has 1 aromatic carbocycles. The third kappa shape index (κ3) is 2.31. The van der Waals surface area contributed by atoms with Gasteiger partial charge in [0.25, 0.3) is 0 Å². The topological polar surface area (TPSA) is 66.0 Å². The van der Waals surface area contributed by atoms with Gasteiger partial charge in [-0.2, -0.15) is 10.5 Å². The molecule has 0 aliphatic rings. The summed E-state index contributed by atoms with van der Waals surface area (Å²) in [5.41, 5.74) is 1.06. The Bertz CT molecular complexity index is 493. The molecule has 0 saturated heterocycles. The Labute approximate surface area is 93.9 Å². The number of allylic oxidation sites excluding steroid dienone is 1. The highest BCUT2D eigenvalue weighted by Crippen LogP contribution is 2.30. The predicted molar refractivity (Wildman–Crippen MR) is 58.9 cm³/mol. The van der Waals surface area contributed by atoms with Gasteiger partial charge in [0.05, 0.1) is 31.9 Å². The summed E-state index contributed by atoms with van der Waals surface area (Å²) in [6, 6.07) is 7.14. The van der Waals surface area contributed by atoms with Crippen molar-refractivity contribution < 1.29 is 9.47 Å². The molecule has 0 heterocycles. The zero-order chi connectivity index (χ0) is 12.0. The van der Waals surface area contributed by atoms with Gasteiger partial charge in [0.15, 0.2) is 11.5 Å². The van der Waals surface area contributed by atoms with Crippen LogP contribution in [0.25, 0.3) is 6.08 Å². The number of nitriles is 2. The van der Waals surface area contributed by atoms with E-state index in [4.69, 9.17) is 20.0 Å². The second-order valence-corrected chi connectivity index (χ2v) is 2.87. The van der Waals surface area contributed by atoms with E-state index in [9.17, 15) is 0 Å². The largest absolute Gasteiger partial charge is 0.493 e. The molecular weight excluding hydrogens is 204 g/mol. The fraction of sp³-hybridized carbons (Fsp3) is 0.167. The summed E-state index contributed by atoms with van der Waals surface area (Å²) >= 11 is 0. The third-order valence-corrected chi connectivity index (χ3v) is 2.01. The number of methoxy groups -OCH3 is 2. The van der Waals surface area contributed by atoms with Crippen molar-refractivity contribution in [1.82, 2.24) is 0 Å². The summed E-state index contributed by atoms with van der Waals surface area (Å²) in [6.07, 6.45) is 2.86. The van der Waals surface area contributed by atoms with Crippen LogP contribution in [0.3, 0.4) is 0 Å². The van der Waals surface area contributed by atoms with Crippen LogP contribution in [-0.2, 0) is 0 Å². The molecular formula is C12H10N2O2. The van der Waals surface area contributed by atoms with E-state index in [2.05, 4.69) is 0 Å². The number of rotatable bonds is 3. The lowest BCUT2D eigenvalue weighted by atomic mass is 10.1. The Morgan fingerprint density at radius 1 is 1.12 bits per heavy atom. The highest BCUT2D eigenvalue weighted by Gasteiger charge is 2.08. The molecule has 0 amide bonds.